The van der Waals surface area contributed by atoms with Crippen LogP contribution in [0, 0.1) is 0 Å². The summed E-state index contributed by atoms with van der Waals surface area (Å²) in [6, 6.07) is 10.4. The van der Waals surface area contributed by atoms with E-state index in [1.165, 1.54) is 5.69 Å². The Bertz CT molecular complexity index is 252. The van der Waals surface area contributed by atoms with Gasteiger partial charge in [0.1, 0.15) is 0 Å². The summed E-state index contributed by atoms with van der Waals surface area (Å²) in [5, 5.41) is 9.35. The first-order valence-corrected chi connectivity index (χ1v) is 4.84. The smallest absolute Gasteiger partial charge is 0.0574 e. The van der Waals surface area contributed by atoms with Gasteiger partial charge < -0.3 is 10.0 Å². The average Bonchev–Trinajstić information content (AvgIpc) is 2.20. The molecule has 1 aromatic carbocycles. The van der Waals surface area contributed by atoms with Crippen molar-refractivity contribution in [2.45, 2.75) is 18.9 Å². The first kappa shape index (κ1) is 8.57. The maximum Gasteiger partial charge on any atom is 0.0574 e. The van der Waals surface area contributed by atoms with Crippen molar-refractivity contribution < 1.29 is 5.11 Å². The second-order valence-corrected chi connectivity index (χ2v) is 3.55. The number of hydrogen-bond acceptors (Lipinski definition) is 2. The standard InChI is InChI=1S/C11H15NO/c13-11-6-8-12(9-7-11)10-4-2-1-3-5-10/h1-5,11,13H,6-9H2. The van der Waals surface area contributed by atoms with Gasteiger partial charge in [0, 0.05) is 18.8 Å². The minimum Gasteiger partial charge on any atom is -0.393 e. The quantitative estimate of drug-likeness (QED) is 0.705. The number of aliphatic hydroxyl groups is 1. The third-order valence-corrected chi connectivity index (χ3v) is 2.59. The summed E-state index contributed by atoms with van der Waals surface area (Å²) in [5.74, 6) is 0. The predicted octanol–water partition coefficient (Wildman–Crippen LogP) is 1.65. The van der Waals surface area contributed by atoms with Gasteiger partial charge in [-0.3, -0.25) is 0 Å². The molecule has 0 saturated carbocycles. The Hall–Kier alpha value is -1.02. The molecule has 1 saturated heterocycles. The summed E-state index contributed by atoms with van der Waals surface area (Å²) < 4.78 is 0. The van der Waals surface area contributed by atoms with Gasteiger partial charge in [-0.05, 0) is 25.0 Å². The number of hydrogen-bond donors (Lipinski definition) is 1. The van der Waals surface area contributed by atoms with Gasteiger partial charge in [0.25, 0.3) is 0 Å². The van der Waals surface area contributed by atoms with Crippen LogP contribution in [-0.2, 0) is 0 Å². The second kappa shape index (κ2) is 3.79. The number of rotatable bonds is 1. The molecule has 1 aliphatic heterocycles. The van der Waals surface area contributed by atoms with Crippen molar-refractivity contribution in [2.24, 2.45) is 0 Å². The van der Waals surface area contributed by atoms with Crippen molar-refractivity contribution in [3.05, 3.63) is 30.3 Å². The molecule has 2 rings (SSSR count). The van der Waals surface area contributed by atoms with Crippen LogP contribution < -0.4 is 4.90 Å². The first-order valence-electron chi connectivity index (χ1n) is 4.84. The molecule has 0 aliphatic carbocycles. The van der Waals surface area contributed by atoms with E-state index >= 15 is 0 Å². The van der Waals surface area contributed by atoms with Gasteiger partial charge >= 0.3 is 0 Å². The van der Waals surface area contributed by atoms with Crippen LogP contribution in [0.4, 0.5) is 5.69 Å². The Morgan fingerprint density at radius 3 is 2.31 bits per heavy atom. The van der Waals surface area contributed by atoms with E-state index in [1.54, 1.807) is 0 Å². The monoisotopic (exact) mass is 177 g/mol. The van der Waals surface area contributed by atoms with Gasteiger partial charge in [0.05, 0.1) is 6.10 Å². The van der Waals surface area contributed by atoms with Gasteiger partial charge in [-0.25, -0.2) is 0 Å². The lowest BCUT2D eigenvalue weighted by molar-refractivity contribution is 0.145. The summed E-state index contributed by atoms with van der Waals surface area (Å²) in [6.45, 7) is 1.95. The molecule has 1 aromatic rings. The molecule has 2 nitrogen and oxygen atoms in total. The molecular formula is C11H15NO. The van der Waals surface area contributed by atoms with Crippen molar-refractivity contribution in [2.75, 3.05) is 18.0 Å². The largest absolute Gasteiger partial charge is 0.393 e. The van der Waals surface area contributed by atoms with E-state index in [9.17, 15) is 5.11 Å². The maximum atomic E-state index is 9.35. The highest BCUT2D eigenvalue weighted by atomic mass is 16.3. The Morgan fingerprint density at radius 2 is 1.69 bits per heavy atom. The van der Waals surface area contributed by atoms with Crippen molar-refractivity contribution in [3.8, 4) is 0 Å². The Morgan fingerprint density at radius 1 is 1.08 bits per heavy atom. The number of anilines is 1. The molecule has 70 valence electrons. The first-order chi connectivity index (χ1) is 6.36. The Balaban J connectivity index is 2.03. The number of benzene rings is 1. The van der Waals surface area contributed by atoms with Crippen molar-refractivity contribution in [1.29, 1.82) is 0 Å². The normalized spacial score (nSPS) is 19.0. The highest BCUT2D eigenvalue weighted by Crippen LogP contribution is 2.18. The van der Waals surface area contributed by atoms with Crippen LogP contribution in [0.2, 0.25) is 0 Å². The van der Waals surface area contributed by atoms with Crippen LogP contribution in [0.3, 0.4) is 0 Å². The highest BCUT2D eigenvalue weighted by Gasteiger charge is 2.16. The molecule has 0 atom stereocenters. The molecule has 1 aliphatic rings. The van der Waals surface area contributed by atoms with E-state index in [-0.39, 0.29) is 6.10 Å². The molecule has 0 radical (unpaired) electrons. The number of aliphatic hydroxyl groups excluding tert-OH is 1. The van der Waals surface area contributed by atoms with Crippen molar-refractivity contribution in [3.63, 3.8) is 0 Å². The zero-order valence-electron chi connectivity index (χ0n) is 7.69. The Kier molecular flexibility index (Phi) is 2.50. The summed E-state index contributed by atoms with van der Waals surface area (Å²) in [7, 11) is 0. The molecule has 13 heavy (non-hydrogen) atoms. The fraction of sp³-hybridized carbons (Fsp3) is 0.455. The van der Waals surface area contributed by atoms with Crippen LogP contribution in [0.5, 0.6) is 0 Å². The summed E-state index contributed by atoms with van der Waals surface area (Å²) in [6.07, 6.45) is 1.71. The molecule has 2 heteroatoms. The average molecular weight is 177 g/mol. The summed E-state index contributed by atoms with van der Waals surface area (Å²) >= 11 is 0. The van der Waals surface area contributed by atoms with Crippen LogP contribution in [0.25, 0.3) is 0 Å². The van der Waals surface area contributed by atoms with Crippen LogP contribution in [0.1, 0.15) is 12.8 Å². The second-order valence-electron chi connectivity index (χ2n) is 3.55. The molecule has 0 unspecified atom stereocenters. The summed E-state index contributed by atoms with van der Waals surface area (Å²) in [5.41, 5.74) is 1.27. The maximum absolute atomic E-state index is 9.35. The molecule has 1 N–H and O–H groups in total. The minimum absolute atomic E-state index is 0.0834. The zero-order valence-corrected chi connectivity index (χ0v) is 7.69. The Labute approximate surface area is 78.8 Å². The van der Waals surface area contributed by atoms with E-state index in [1.807, 2.05) is 6.07 Å². The van der Waals surface area contributed by atoms with Crippen molar-refractivity contribution >= 4 is 5.69 Å². The van der Waals surface area contributed by atoms with E-state index < -0.39 is 0 Å². The van der Waals surface area contributed by atoms with Crippen LogP contribution in [-0.4, -0.2) is 24.3 Å². The minimum atomic E-state index is -0.0834. The number of nitrogens with zero attached hydrogens (tertiary/aromatic N) is 1. The molecule has 0 amide bonds. The molecule has 1 fully saturated rings. The van der Waals surface area contributed by atoms with Crippen LogP contribution in [0.15, 0.2) is 30.3 Å². The highest BCUT2D eigenvalue weighted by molar-refractivity contribution is 5.46. The van der Waals surface area contributed by atoms with E-state index in [0.29, 0.717) is 0 Å². The molecule has 0 bridgehead atoms. The fourth-order valence-corrected chi connectivity index (χ4v) is 1.76. The van der Waals surface area contributed by atoms with E-state index in [4.69, 9.17) is 0 Å². The molecule has 0 aromatic heterocycles. The summed E-state index contributed by atoms with van der Waals surface area (Å²) in [4.78, 5) is 2.33. The van der Waals surface area contributed by atoms with Gasteiger partial charge in [-0.2, -0.15) is 0 Å². The van der Waals surface area contributed by atoms with Gasteiger partial charge in [-0.1, -0.05) is 18.2 Å². The lowest BCUT2D eigenvalue weighted by Gasteiger charge is -2.31. The SMILES string of the molecule is OC1CCN(c2ccccc2)CC1. The molecule has 1 heterocycles. The van der Waals surface area contributed by atoms with Gasteiger partial charge in [0.15, 0.2) is 0 Å². The lowest BCUT2D eigenvalue weighted by atomic mass is 10.1. The van der Waals surface area contributed by atoms with E-state index in [2.05, 4.69) is 29.2 Å². The third-order valence-electron chi connectivity index (χ3n) is 2.59. The number of para-hydroxylation sites is 1. The van der Waals surface area contributed by atoms with Crippen LogP contribution >= 0.6 is 0 Å². The van der Waals surface area contributed by atoms with Crippen molar-refractivity contribution in [1.82, 2.24) is 0 Å². The lowest BCUT2D eigenvalue weighted by Crippen LogP contribution is -2.35. The molecule has 0 spiro atoms. The van der Waals surface area contributed by atoms with Gasteiger partial charge in [0.2, 0.25) is 0 Å². The van der Waals surface area contributed by atoms with Gasteiger partial charge in [-0.15, -0.1) is 0 Å². The topological polar surface area (TPSA) is 23.5 Å². The number of piperidine rings is 1. The fourth-order valence-electron chi connectivity index (χ4n) is 1.76. The predicted molar refractivity (Wildman–Crippen MR) is 53.9 cm³/mol. The zero-order chi connectivity index (χ0) is 9.10. The van der Waals surface area contributed by atoms with E-state index in [0.717, 1.165) is 25.9 Å². The third kappa shape index (κ3) is 2.01. The molecular weight excluding hydrogens is 162 g/mol.